The molecule has 4 aromatic carbocycles. The predicted octanol–water partition coefficient (Wildman–Crippen LogP) is 13.1. The van der Waals surface area contributed by atoms with E-state index in [2.05, 4.69) is 19.1 Å². The monoisotopic (exact) mass is 844 g/mol. The summed E-state index contributed by atoms with van der Waals surface area (Å²) in [5.74, 6) is 1.16. The first-order valence-electron chi connectivity index (χ1n) is 22.6. The Morgan fingerprint density at radius 1 is 0.375 bits per heavy atom. The van der Waals surface area contributed by atoms with Gasteiger partial charge in [0.2, 0.25) is 0 Å². The highest BCUT2D eigenvalue weighted by Gasteiger charge is 2.28. The van der Waals surface area contributed by atoms with E-state index in [1.165, 1.54) is 51.4 Å². The van der Waals surface area contributed by atoms with Crippen molar-refractivity contribution in [1.29, 1.82) is 0 Å². The highest BCUT2D eigenvalue weighted by molar-refractivity contribution is 6.39. The Morgan fingerprint density at radius 2 is 0.703 bits per heavy atom. The molecule has 0 unspecified atom stereocenters. The number of hydrogen-bond donors (Lipinski definition) is 3. The molecule has 8 nitrogen and oxygen atoms in total. The number of phenols is 3. The lowest BCUT2D eigenvalue weighted by molar-refractivity contribution is 0.304. The minimum atomic E-state index is 0.120. The highest BCUT2D eigenvalue weighted by atomic mass is 16.5. The molecular formula is C56H52N4O4. The molecule has 9 rings (SSSR count). The number of hydrogen-bond acceptors (Lipinski definition) is 8. The van der Waals surface area contributed by atoms with E-state index in [0.717, 1.165) is 63.1 Å². The lowest BCUT2D eigenvalue weighted by Crippen LogP contribution is -2.04. The number of rotatable bonds is 16. The van der Waals surface area contributed by atoms with Crippen LogP contribution in [-0.4, -0.2) is 44.8 Å². The zero-order valence-corrected chi connectivity index (χ0v) is 36.2. The van der Waals surface area contributed by atoms with Crippen molar-refractivity contribution in [2.24, 2.45) is 20.0 Å². The third kappa shape index (κ3) is 9.37. The zero-order chi connectivity index (χ0) is 43.8. The van der Waals surface area contributed by atoms with Gasteiger partial charge in [-0.2, -0.15) is 0 Å². The largest absolute Gasteiger partial charge is 0.508 e. The van der Waals surface area contributed by atoms with E-state index in [9.17, 15) is 15.3 Å². The molecule has 8 heteroatoms. The number of phenolic OH excluding ortho intramolecular Hbond substituents is 3. The molecule has 320 valence electrons. The molecule has 0 atom stereocenters. The standard InChI is InChI=1S/C56H52N4O4/c1-2-3-4-5-6-7-8-9-10-11-32-64-44-23-15-19-40(36-44)56-51-30-28-49(59-51)54(38-17-13-21-42(62)34-38)47-26-24-45(57-47)53(37-16-12-20-41(61)33-37)46-25-27-48(58-46)55(50-29-31-52(56)60-50)39-18-14-22-43(63)35-39/h12-31,33-36,61-63H,2-11,32H2,1H3. The van der Waals surface area contributed by atoms with Crippen LogP contribution in [0.3, 0.4) is 0 Å². The summed E-state index contributed by atoms with van der Waals surface area (Å²) in [6.07, 6.45) is 28.5. The Morgan fingerprint density at radius 3 is 1.06 bits per heavy atom. The normalized spacial score (nSPS) is 16.3. The molecule has 0 radical (unpaired) electrons. The van der Waals surface area contributed by atoms with E-state index >= 15 is 0 Å². The maximum Gasteiger partial charge on any atom is 0.119 e. The summed E-state index contributed by atoms with van der Waals surface area (Å²) >= 11 is 0. The first-order chi connectivity index (χ1) is 31.4. The van der Waals surface area contributed by atoms with Crippen LogP contribution < -0.4 is 4.74 Å². The summed E-state index contributed by atoms with van der Waals surface area (Å²) in [6.45, 7) is 2.91. The van der Waals surface area contributed by atoms with Gasteiger partial charge < -0.3 is 20.1 Å². The van der Waals surface area contributed by atoms with E-state index < -0.39 is 0 Å². The number of unbranched alkanes of at least 4 members (excludes halogenated alkanes) is 9. The van der Waals surface area contributed by atoms with Crippen molar-refractivity contribution in [3.05, 3.63) is 191 Å². The van der Waals surface area contributed by atoms with Crippen molar-refractivity contribution < 1.29 is 20.1 Å². The van der Waals surface area contributed by atoms with Crippen molar-refractivity contribution in [2.45, 2.75) is 71.1 Å². The number of benzene rings is 4. The third-order valence-electron chi connectivity index (χ3n) is 11.9. The molecule has 0 spiro atoms. The van der Waals surface area contributed by atoms with Gasteiger partial charge in [0.1, 0.15) is 23.0 Å². The first kappa shape index (κ1) is 42.0. The van der Waals surface area contributed by atoms with Gasteiger partial charge in [0, 0.05) is 22.3 Å². The Bertz CT molecular complexity index is 2830. The van der Waals surface area contributed by atoms with Crippen molar-refractivity contribution in [3.63, 3.8) is 0 Å². The SMILES string of the molecule is CCCCCCCCCCCCOc1cccc(C2=C3C=CC(=N3)C(c3cccc(O)c3)=C3C=CC(=N3)C(c3cccc(O)c3)=C3C=CC(=N3)C(c3cccc(O)c3)=C3C=CC2=N3)c1. The highest BCUT2D eigenvalue weighted by Crippen LogP contribution is 2.40. The van der Waals surface area contributed by atoms with Crippen LogP contribution in [0.2, 0.25) is 0 Å². The van der Waals surface area contributed by atoms with Crippen LogP contribution in [-0.2, 0) is 0 Å². The molecular weight excluding hydrogens is 793 g/mol. The number of fused-ring (bicyclic) bond motifs is 4. The molecule has 64 heavy (non-hydrogen) atoms. The van der Waals surface area contributed by atoms with Crippen molar-refractivity contribution in [3.8, 4) is 23.0 Å². The van der Waals surface area contributed by atoms with E-state index in [-0.39, 0.29) is 17.2 Å². The molecule has 5 heterocycles. The number of aliphatic imine (C=N–C) groups is 4. The topological polar surface area (TPSA) is 119 Å². The molecule has 3 N–H and O–H groups in total. The van der Waals surface area contributed by atoms with Crippen molar-refractivity contribution >= 4 is 45.1 Å². The minimum absolute atomic E-state index is 0.120. The Hall–Kier alpha value is -7.32. The second-order valence-corrected chi connectivity index (χ2v) is 16.6. The van der Waals surface area contributed by atoms with Gasteiger partial charge in [-0.05, 0) is 126 Å². The van der Waals surface area contributed by atoms with Crippen molar-refractivity contribution in [2.75, 3.05) is 6.61 Å². The molecule has 4 aromatic rings. The van der Waals surface area contributed by atoms with Crippen LogP contribution in [0.4, 0.5) is 0 Å². The van der Waals surface area contributed by atoms with Gasteiger partial charge in [-0.25, -0.2) is 20.0 Å². The number of allylic oxidation sites excluding steroid dienone is 12. The molecule has 0 fully saturated rings. The summed E-state index contributed by atoms with van der Waals surface area (Å²) < 4.78 is 6.38. The fourth-order valence-corrected chi connectivity index (χ4v) is 8.78. The summed E-state index contributed by atoms with van der Waals surface area (Å²) in [6, 6.07) is 29.5. The van der Waals surface area contributed by atoms with Gasteiger partial charge in [-0.3, -0.25) is 0 Å². The summed E-state index contributed by atoms with van der Waals surface area (Å²) in [7, 11) is 0. The number of ether oxygens (including phenoxy) is 1. The van der Waals surface area contributed by atoms with Crippen LogP contribution in [0.5, 0.6) is 23.0 Å². The maximum absolute atomic E-state index is 10.7. The van der Waals surface area contributed by atoms with E-state index in [1.54, 1.807) is 42.5 Å². The number of aromatic hydroxyl groups is 3. The van der Waals surface area contributed by atoms with Gasteiger partial charge >= 0.3 is 0 Å². The van der Waals surface area contributed by atoms with Gasteiger partial charge in [0.05, 0.1) is 52.2 Å². The Labute approximate surface area is 375 Å². The van der Waals surface area contributed by atoms with Gasteiger partial charge in [-0.15, -0.1) is 0 Å². The molecule has 5 aliphatic rings. The maximum atomic E-state index is 10.7. The average Bonchev–Trinajstić information content (AvgIpc) is 4.14. The van der Waals surface area contributed by atoms with Crippen LogP contribution in [0.25, 0.3) is 22.3 Å². The molecule has 5 aliphatic heterocycles. The lowest BCUT2D eigenvalue weighted by atomic mass is 9.98. The van der Waals surface area contributed by atoms with E-state index in [1.807, 2.05) is 91.1 Å². The minimum Gasteiger partial charge on any atom is -0.508 e. The predicted molar refractivity (Wildman–Crippen MR) is 262 cm³/mol. The fourth-order valence-electron chi connectivity index (χ4n) is 8.78. The number of nitrogens with zero attached hydrogens (tertiary/aromatic N) is 4. The average molecular weight is 845 g/mol. The lowest BCUT2D eigenvalue weighted by Gasteiger charge is -2.13. The van der Waals surface area contributed by atoms with Gasteiger partial charge in [-0.1, -0.05) is 113 Å². The second kappa shape index (κ2) is 19.4. The first-order valence-corrected chi connectivity index (χ1v) is 22.6. The molecule has 0 saturated heterocycles. The summed E-state index contributed by atoms with van der Waals surface area (Å²) in [4.78, 5) is 21.2. The molecule has 0 amide bonds. The van der Waals surface area contributed by atoms with Crippen molar-refractivity contribution in [1.82, 2.24) is 0 Å². The van der Waals surface area contributed by atoms with Gasteiger partial charge in [0.25, 0.3) is 0 Å². The fraction of sp³-hybridized carbons (Fsp3) is 0.214. The second-order valence-electron chi connectivity index (χ2n) is 16.6. The molecule has 8 bridgehead atoms. The smallest absolute Gasteiger partial charge is 0.119 e. The van der Waals surface area contributed by atoms with E-state index in [0.29, 0.717) is 52.2 Å². The molecule has 0 aromatic heterocycles. The van der Waals surface area contributed by atoms with E-state index in [4.69, 9.17) is 24.7 Å². The van der Waals surface area contributed by atoms with Gasteiger partial charge in [0.15, 0.2) is 0 Å². The Kier molecular flexibility index (Phi) is 12.7. The summed E-state index contributed by atoms with van der Waals surface area (Å²) in [5, 5.41) is 32.1. The third-order valence-corrected chi connectivity index (χ3v) is 11.9. The molecule has 0 saturated carbocycles. The van der Waals surface area contributed by atoms with Crippen LogP contribution in [0, 0.1) is 0 Å². The quantitative estimate of drug-likeness (QED) is 0.0973. The van der Waals surface area contributed by atoms with Crippen LogP contribution in [0.1, 0.15) is 93.4 Å². The zero-order valence-electron chi connectivity index (χ0n) is 36.2. The molecule has 0 aliphatic carbocycles. The summed E-state index contributed by atoms with van der Waals surface area (Å²) in [5.41, 5.74) is 11.6. The van der Waals surface area contributed by atoms with Crippen LogP contribution >= 0.6 is 0 Å². The van der Waals surface area contributed by atoms with Crippen LogP contribution in [0.15, 0.2) is 188 Å². The Balaban J connectivity index is 1.15.